The molecule has 7 heteroatoms. The highest BCUT2D eigenvalue weighted by Crippen LogP contribution is 2.26. The fourth-order valence-corrected chi connectivity index (χ4v) is 2.75. The SMILES string of the molecule is COc1ccc(NC(=O)c2cc(-c3ccccc3)no2)c(C(=O)NC2CC2)c1. The lowest BCUT2D eigenvalue weighted by atomic mass is 10.1. The van der Waals surface area contributed by atoms with Crippen molar-refractivity contribution in [2.75, 3.05) is 12.4 Å². The van der Waals surface area contributed by atoms with Crippen molar-refractivity contribution >= 4 is 17.5 Å². The Bertz CT molecular complexity index is 1010. The van der Waals surface area contributed by atoms with Gasteiger partial charge in [0.2, 0.25) is 5.76 Å². The van der Waals surface area contributed by atoms with E-state index in [2.05, 4.69) is 15.8 Å². The van der Waals surface area contributed by atoms with Gasteiger partial charge in [0.15, 0.2) is 0 Å². The normalized spacial score (nSPS) is 13.0. The van der Waals surface area contributed by atoms with E-state index in [-0.39, 0.29) is 17.7 Å². The quantitative estimate of drug-likeness (QED) is 0.686. The molecule has 1 saturated carbocycles. The number of amides is 2. The Hall–Kier alpha value is -3.61. The topological polar surface area (TPSA) is 93.5 Å². The van der Waals surface area contributed by atoms with Crippen LogP contribution in [0, 0.1) is 0 Å². The zero-order valence-electron chi connectivity index (χ0n) is 15.3. The first-order valence-corrected chi connectivity index (χ1v) is 8.96. The highest BCUT2D eigenvalue weighted by atomic mass is 16.5. The molecule has 4 rings (SSSR count). The van der Waals surface area contributed by atoms with Gasteiger partial charge in [-0.2, -0.15) is 0 Å². The third-order valence-corrected chi connectivity index (χ3v) is 4.44. The number of carbonyl (C=O) groups excluding carboxylic acids is 2. The van der Waals surface area contributed by atoms with Gasteiger partial charge in [0.1, 0.15) is 11.4 Å². The first kappa shape index (κ1) is 17.8. The molecule has 1 aromatic heterocycles. The van der Waals surface area contributed by atoms with Crippen LogP contribution in [0.4, 0.5) is 5.69 Å². The minimum absolute atomic E-state index is 0.0585. The molecule has 0 spiro atoms. The summed E-state index contributed by atoms with van der Waals surface area (Å²) in [6.45, 7) is 0. The number of nitrogens with one attached hydrogen (secondary N) is 2. The summed E-state index contributed by atoms with van der Waals surface area (Å²) in [6.07, 6.45) is 1.94. The number of hydrogen-bond donors (Lipinski definition) is 2. The van der Waals surface area contributed by atoms with Crippen molar-refractivity contribution in [3.63, 3.8) is 0 Å². The van der Waals surface area contributed by atoms with Crippen LogP contribution in [0.1, 0.15) is 33.8 Å². The van der Waals surface area contributed by atoms with Gasteiger partial charge in [0.05, 0.1) is 18.4 Å². The summed E-state index contributed by atoms with van der Waals surface area (Å²) in [5.74, 6) is -0.146. The Kier molecular flexibility index (Phi) is 4.80. The van der Waals surface area contributed by atoms with Crippen molar-refractivity contribution < 1.29 is 18.8 Å². The molecule has 0 radical (unpaired) electrons. The number of aromatic nitrogens is 1. The van der Waals surface area contributed by atoms with E-state index in [9.17, 15) is 9.59 Å². The molecule has 0 unspecified atom stereocenters. The lowest BCUT2D eigenvalue weighted by Gasteiger charge is -2.12. The van der Waals surface area contributed by atoms with E-state index in [1.807, 2.05) is 30.3 Å². The Morgan fingerprint density at radius 1 is 1.07 bits per heavy atom. The third kappa shape index (κ3) is 3.88. The molecule has 1 aliphatic rings. The molecule has 1 aliphatic carbocycles. The molecule has 0 aliphatic heterocycles. The van der Waals surface area contributed by atoms with Crippen molar-refractivity contribution in [2.24, 2.45) is 0 Å². The van der Waals surface area contributed by atoms with Crippen molar-refractivity contribution in [1.29, 1.82) is 0 Å². The zero-order valence-corrected chi connectivity index (χ0v) is 15.3. The molecule has 3 aromatic rings. The van der Waals surface area contributed by atoms with Gasteiger partial charge in [-0.25, -0.2) is 0 Å². The second kappa shape index (κ2) is 7.56. The maximum atomic E-state index is 12.6. The predicted octanol–water partition coefficient (Wildman–Crippen LogP) is 3.49. The summed E-state index contributed by atoms with van der Waals surface area (Å²) < 4.78 is 10.4. The number of nitrogens with zero attached hydrogens (tertiary/aromatic N) is 1. The van der Waals surface area contributed by atoms with Crippen molar-refractivity contribution in [2.45, 2.75) is 18.9 Å². The van der Waals surface area contributed by atoms with Crippen molar-refractivity contribution in [3.05, 3.63) is 65.9 Å². The average molecular weight is 377 g/mol. The van der Waals surface area contributed by atoms with E-state index >= 15 is 0 Å². The smallest absolute Gasteiger partial charge is 0.294 e. The van der Waals surface area contributed by atoms with E-state index in [0.29, 0.717) is 22.7 Å². The molecule has 1 heterocycles. The molecule has 0 saturated heterocycles. The lowest BCUT2D eigenvalue weighted by molar-refractivity contribution is 0.0951. The monoisotopic (exact) mass is 377 g/mol. The van der Waals surface area contributed by atoms with Crippen LogP contribution in [0.2, 0.25) is 0 Å². The Morgan fingerprint density at radius 2 is 1.86 bits per heavy atom. The van der Waals surface area contributed by atoms with E-state index in [1.165, 1.54) is 7.11 Å². The van der Waals surface area contributed by atoms with Crippen LogP contribution < -0.4 is 15.4 Å². The molecule has 2 aromatic carbocycles. The highest BCUT2D eigenvalue weighted by Gasteiger charge is 2.26. The summed E-state index contributed by atoms with van der Waals surface area (Å²) in [5, 5.41) is 9.59. The molecule has 7 nitrogen and oxygen atoms in total. The van der Waals surface area contributed by atoms with Gasteiger partial charge in [-0.1, -0.05) is 35.5 Å². The van der Waals surface area contributed by atoms with E-state index in [4.69, 9.17) is 9.26 Å². The molecular formula is C21H19N3O4. The Balaban J connectivity index is 1.55. The largest absolute Gasteiger partial charge is 0.497 e. The minimum Gasteiger partial charge on any atom is -0.497 e. The van der Waals surface area contributed by atoms with Crippen LogP contribution >= 0.6 is 0 Å². The maximum Gasteiger partial charge on any atom is 0.294 e. The summed E-state index contributed by atoms with van der Waals surface area (Å²) >= 11 is 0. The van der Waals surface area contributed by atoms with Crippen molar-refractivity contribution in [1.82, 2.24) is 10.5 Å². The van der Waals surface area contributed by atoms with Crippen LogP contribution in [-0.2, 0) is 0 Å². The van der Waals surface area contributed by atoms with Crippen LogP contribution in [-0.4, -0.2) is 30.1 Å². The first-order chi connectivity index (χ1) is 13.6. The number of ether oxygens (including phenoxy) is 1. The molecule has 1 fully saturated rings. The number of anilines is 1. The maximum absolute atomic E-state index is 12.6. The van der Waals surface area contributed by atoms with Gasteiger partial charge in [0, 0.05) is 17.7 Å². The second-order valence-electron chi connectivity index (χ2n) is 6.56. The van der Waals surface area contributed by atoms with Crippen LogP contribution in [0.25, 0.3) is 11.3 Å². The van der Waals surface area contributed by atoms with Gasteiger partial charge in [-0.3, -0.25) is 9.59 Å². The molecule has 142 valence electrons. The molecular weight excluding hydrogens is 358 g/mol. The Morgan fingerprint density at radius 3 is 2.57 bits per heavy atom. The zero-order chi connectivity index (χ0) is 19.5. The standard InChI is InChI=1S/C21H19N3O4/c1-27-15-9-10-17(16(11-15)20(25)22-14-7-8-14)23-21(26)19-12-18(24-28-19)13-5-3-2-4-6-13/h2-6,9-12,14H,7-8H2,1H3,(H,22,25)(H,23,26). The van der Waals surface area contributed by atoms with Crippen LogP contribution in [0.5, 0.6) is 5.75 Å². The Labute approximate surface area is 161 Å². The predicted molar refractivity (Wildman–Crippen MR) is 103 cm³/mol. The summed E-state index contributed by atoms with van der Waals surface area (Å²) in [7, 11) is 1.52. The second-order valence-corrected chi connectivity index (χ2v) is 6.56. The van der Waals surface area contributed by atoms with Gasteiger partial charge in [-0.05, 0) is 31.0 Å². The average Bonchev–Trinajstić information content (AvgIpc) is 3.40. The van der Waals surface area contributed by atoms with Gasteiger partial charge in [0.25, 0.3) is 11.8 Å². The number of methoxy groups -OCH3 is 1. The molecule has 0 atom stereocenters. The number of hydrogen-bond acceptors (Lipinski definition) is 5. The summed E-state index contributed by atoms with van der Waals surface area (Å²) in [6, 6.07) is 16.1. The molecule has 2 N–H and O–H groups in total. The fraction of sp³-hybridized carbons (Fsp3) is 0.190. The first-order valence-electron chi connectivity index (χ1n) is 8.96. The van der Waals surface area contributed by atoms with Crippen LogP contribution in [0.3, 0.4) is 0 Å². The van der Waals surface area contributed by atoms with E-state index in [0.717, 1.165) is 18.4 Å². The van der Waals surface area contributed by atoms with Gasteiger partial charge in [-0.15, -0.1) is 0 Å². The van der Waals surface area contributed by atoms with Crippen LogP contribution in [0.15, 0.2) is 59.1 Å². The van der Waals surface area contributed by atoms with Gasteiger partial charge >= 0.3 is 0 Å². The molecule has 0 bridgehead atoms. The minimum atomic E-state index is -0.486. The van der Waals surface area contributed by atoms with Gasteiger partial charge < -0.3 is 19.9 Å². The molecule has 28 heavy (non-hydrogen) atoms. The number of rotatable bonds is 6. The summed E-state index contributed by atoms with van der Waals surface area (Å²) in [4.78, 5) is 25.2. The summed E-state index contributed by atoms with van der Waals surface area (Å²) in [5.41, 5.74) is 2.12. The lowest BCUT2D eigenvalue weighted by Crippen LogP contribution is -2.27. The molecule has 2 amide bonds. The number of carbonyl (C=O) groups is 2. The van der Waals surface area contributed by atoms with Crippen molar-refractivity contribution in [3.8, 4) is 17.0 Å². The third-order valence-electron chi connectivity index (χ3n) is 4.44. The number of benzene rings is 2. The van der Waals surface area contributed by atoms with E-state index < -0.39 is 5.91 Å². The highest BCUT2D eigenvalue weighted by molar-refractivity contribution is 6.08. The fourth-order valence-electron chi connectivity index (χ4n) is 2.75. The van der Waals surface area contributed by atoms with E-state index in [1.54, 1.807) is 24.3 Å².